The molecule has 0 bridgehead atoms. The van der Waals surface area contributed by atoms with Crippen molar-refractivity contribution in [1.82, 2.24) is 15.0 Å². The Labute approximate surface area is 109 Å². The number of aromatic nitrogens is 3. The van der Waals surface area contributed by atoms with Crippen molar-refractivity contribution < 1.29 is 13.6 Å². The van der Waals surface area contributed by atoms with Crippen LogP contribution in [0.1, 0.15) is 36.5 Å². The third-order valence-corrected chi connectivity index (χ3v) is 2.84. The Balaban J connectivity index is 2.60. The van der Waals surface area contributed by atoms with Crippen LogP contribution in [0.25, 0.3) is 5.69 Å². The predicted molar refractivity (Wildman–Crippen MR) is 65.3 cm³/mol. The summed E-state index contributed by atoms with van der Waals surface area (Å²) in [7, 11) is 0. The topological polar surface area (TPSA) is 47.8 Å². The van der Waals surface area contributed by atoms with Crippen molar-refractivity contribution in [1.29, 1.82) is 0 Å². The second kappa shape index (κ2) is 5.26. The highest BCUT2D eigenvalue weighted by Crippen LogP contribution is 2.19. The van der Waals surface area contributed by atoms with Gasteiger partial charge in [-0.05, 0) is 18.6 Å². The molecule has 0 aliphatic rings. The number of carbonyl (C=O) groups excluding carboxylic acids is 1. The number of hydrogen-bond acceptors (Lipinski definition) is 3. The Bertz CT molecular complexity index is 622. The van der Waals surface area contributed by atoms with Crippen LogP contribution in [-0.4, -0.2) is 20.8 Å². The maximum Gasteiger partial charge on any atom is 0.184 e. The highest BCUT2D eigenvalue weighted by Gasteiger charge is 2.20. The van der Waals surface area contributed by atoms with Crippen LogP contribution < -0.4 is 0 Å². The van der Waals surface area contributed by atoms with Gasteiger partial charge >= 0.3 is 0 Å². The summed E-state index contributed by atoms with van der Waals surface area (Å²) < 4.78 is 28.2. The lowest BCUT2D eigenvalue weighted by Gasteiger charge is -2.07. The van der Waals surface area contributed by atoms with Crippen molar-refractivity contribution in [2.45, 2.75) is 26.7 Å². The Kier molecular flexibility index (Phi) is 3.69. The van der Waals surface area contributed by atoms with Gasteiger partial charge in [-0.3, -0.25) is 4.79 Å². The molecule has 6 heteroatoms. The van der Waals surface area contributed by atoms with Gasteiger partial charge in [-0.25, -0.2) is 13.5 Å². The van der Waals surface area contributed by atoms with Gasteiger partial charge in [-0.1, -0.05) is 25.1 Å². The van der Waals surface area contributed by atoms with Crippen LogP contribution in [0, 0.1) is 11.6 Å². The molecule has 0 amide bonds. The van der Waals surface area contributed by atoms with Gasteiger partial charge in [0.2, 0.25) is 0 Å². The number of rotatable bonds is 4. The van der Waals surface area contributed by atoms with Crippen LogP contribution in [0.3, 0.4) is 0 Å². The van der Waals surface area contributed by atoms with Crippen molar-refractivity contribution >= 4 is 5.78 Å². The van der Waals surface area contributed by atoms with Crippen LogP contribution in [-0.2, 0) is 6.42 Å². The lowest BCUT2D eigenvalue weighted by molar-refractivity contribution is 0.0982. The number of ketones is 1. The molecule has 0 spiro atoms. The zero-order chi connectivity index (χ0) is 14.0. The van der Waals surface area contributed by atoms with Gasteiger partial charge in [0, 0.05) is 6.42 Å². The van der Waals surface area contributed by atoms with Gasteiger partial charge in [-0.2, -0.15) is 0 Å². The van der Waals surface area contributed by atoms with Gasteiger partial charge in [-0.15, -0.1) is 5.10 Å². The van der Waals surface area contributed by atoms with Crippen LogP contribution in [0.15, 0.2) is 18.2 Å². The van der Waals surface area contributed by atoms with Crippen LogP contribution in [0.2, 0.25) is 0 Å². The molecule has 2 rings (SSSR count). The first-order chi connectivity index (χ1) is 9.10. The molecule has 2 aromatic rings. The quantitative estimate of drug-likeness (QED) is 0.798. The lowest BCUT2D eigenvalue weighted by Crippen LogP contribution is -2.08. The van der Waals surface area contributed by atoms with Gasteiger partial charge in [0.1, 0.15) is 5.69 Å². The average molecular weight is 265 g/mol. The minimum Gasteiger partial charge on any atom is -0.292 e. The van der Waals surface area contributed by atoms with E-state index >= 15 is 0 Å². The number of hydrogen-bond donors (Lipinski definition) is 0. The summed E-state index contributed by atoms with van der Waals surface area (Å²) in [5.41, 5.74) is 0.657. The van der Waals surface area contributed by atoms with Crippen LogP contribution >= 0.6 is 0 Å². The van der Waals surface area contributed by atoms with Crippen molar-refractivity contribution in [3.05, 3.63) is 41.2 Å². The molecule has 1 heterocycles. The normalized spacial score (nSPS) is 10.7. The monoisotopic (exact) mass is 265 g/mol. The largest absolute Gasteiger partial charge is 0.292 e. The first kappa shape index (κ1) is 13.3. The third-order valence-electron chi connectivity index (χ3n) is 2.84. The van der Waals surface area contributed by atoms with E-state index in [0.29, 0.717) is 12.1 Å². The van der Waals surface area contributed by atoms with Crippen LogP contribution in [0.5, 0.6) is 0 Å². The Morgan fingerprint density at radius 1 is 1.32 bits per heavy atom. The molecule has 1 aromatic carbocycles. The molecule has 0 N–H and O–H groups in total. The molecular formula is C13H13F2N3O. The maximum absolute atomic E-state index is 13.7. The molecule has 100 valence electrons. The Morgan fingerprint density at radius 3 is 2.68 bits per heavy atom. The molecule has 4 nitrogen and oxygen atoms in total. The van der Waals surface area contributed by atoms with Crippen LogP contribution in [0.4, 0.5) is 8.78 Å². The third kappa shape index (κ3) is 2.25. The molecule has 0 atom stereocenters. The smallest absolute Gasteiger partial charge is 0.184 e. The van der Waals surface area contributed by atoms with Gasteiger partial charge in [0.25, 0.3) is 0 Å². The average Bonchev–Trinajstić information content (AvgIpc) is 2.84. The minimum absolute atomic E-state index is 0.0421. The molecule has 0 saturated carbocycles. The second-order valence-electron chi connectivity index (χ2n) is 4.00. The summed E-state index contributed by atoms with van der Waals surface area (Å²) >= 11 is 0. The SMILES string of the molecule is CCC(=O)c1nnn(-c2cccc(F)c2F)c1CC. The van der Waals surface area contributed by atoms with E-state index in [9.17, 15) is 13.6 Å². The van der Waals surface area contributed by atoms with Crippen molar-refractivity contribution in [2.24, 2.45) is 0 Å². The van der Waals surface area contributed by atoms with E-state index in [4.69, 9.17) is 0 Å². The van der Waals surface area contributed by atoms with E-state index in [1.165, 1.54) is 16.8 Å². The molecule has 0 unspecified atom stereocenters. The van der Waals surface area contributed by atoms with Crippen molar-refractivity contribution in [3.8, 4) is 5.69 Å². The first-order valence-electron chi connectivity index (χ1n) is 6.02. The highest BCUT2D eigenvalue weighted by atomic mass is 19.2. The lowest BCUT2D eigenvalue weighted by atomic mass is 10.1. The number of carbonyl (C=O) groups is 1. The summed E-state index contributed by atoms with van der Waals surface area (Å²) in [5.74, 6) is -2.13. The number of Topliss-reactive ketones (excluding diaryl/α,β-unsaturated/α-hetero) is 1. The van der Waals surface area contributed by atoms with E-state index in [-0.39, 0.29) is 23.6 Å². The molecular weight excluding hydrogens is 252 g/mol. The second-order valence-corrected chi connectivity index (χ2v) is 4.00. The predicted octanol–water partition coefficient (Wildman–Crippen LogP) is 2.70. The molecule has 1 aromatic heterocycles. The minimum atomic E-state index is -1.00. The molecule has 0 radical (unpaired) electrons. The number of halogens is 2. The molecule has 0 aliphatic carbocycles. The summed E-state index contributed by atoms with van der Waals surface area (Å²) in [6, 6.07) is 3.81. The molecule has 0 saturated heterocycles. The fourth-order valence-corrected chi connectivity index (χ4v) is 1.85. The van der Waals surface area contributed by atoms with Crippen molar-refractivity contribution in [3.63, 3.8) is 0 Å². The van der Waals surface area contributed by atoms with Gasteiger partial charge in [0.15, 0.2) is 23.1 Å². The molecule has 0 aliphatic heterocycles. The first-order valence-corrected chi connectivity index (χ1v) is 6.02. The van der Waals surface area contributed by atoms with E-state index < -0.39 is 11.6 Å². The Morgan fingerprint density at radius 2 is 2.05 bits per heavy atom. The molecule has 19 heavy (non-hydrogen) atoms. The zero-order valence-electron chi connectivity index (χ0n) is 10.7. The fourth-order valence-electron chi connectivity index (χ4n) is 1.85. The summed E-state index contributed by atoms with van der Waals surface area (Å²) in [4.78, 5) is 11.7. The van der Waals surface area contributed by atoms with Gasteiger partial charge in [0.05, 0.1) is 5.69 Å². The number of benzene rings is 1. The highest BCUT2D eigenvalue weighted by molar-refractivity contribution is 5.95. The zero-order valence-corrected chi connectivity index (χ0v) is 10.7. The molecule has 0 fully saturated rings. The standard InChI is InChI=1S/C13H13F2N3O/c1-3-9-13(11(19)4-2)16-17-18(9)10-7-5-6-8(14)12(10)15/h5-7H,3-4H2,1-2H3. The van der Waals surface area contributed by atoms with E-state index in [1.54, 1.807) is 13.8 Å². The van der Waals surface area contributed by atoms with Crippen molar-refractivity contribution in [2.75, 3.05) is 0 Å². The number of nitrogens with zero attached hydrogens (tertiary/aromatic N) is 3. The fraction of sp³-hybridized carbons (Fsp3) is 0.308. The maximum atomic E-state index is 13.7. The van der Waals surface area contributed by atoms with E-state index in [2.05, 4.69) is 10.3 Å². The summed E-state index contributed by atoms with van der Waals surface area (Å²) in [6.07, 6.45) is 0.737. The summed E-state index contributed by atoms with van der Waals surface area (Å²) in [5, 5.41) is 7.55. The van der Waals surface area contributed by atoms with E-state index in [0.717, 1.165) is 6.07 Å². The Hall–Kier alpha value is -2.11. The van der Waals surface area contributed by atoms with E-state index in [1.807, 2.05) is 0 Å². The summed E-state index contributed by atoms with van der Waals surface area (Å²) in [6.45, 7) is 3.52. The van der Waals surface area contributed by atoms with Gasteiger partial charge < -0.3 is 0 Å².